The van der Waals surface area contributed by atoms with Crippen LogP contribution in [0, 0.1) is 0 Å². The topological polar surface area (TPSA) is 83.3 Å². The fraction of sp³-hybridized carbons (Fsp3) is 0.429. The normalized spacial score (nSPS) is 20.9. The Labute approximate surface area is 206 Å². The van der Waals surface area contributed by atoms with E-state index in [0.29, 0.717) is 29.8 Å². The summed E-state index contributed by atoms with van der Waals surface area (Å²) < 4.78 is 11.1. The monoisotopic (exact) mass is 478 g/mol. The van der Waals surface area contributed by atoms with Gasteiger partial charge in [0, 0.05) is 25.0 Å². The summed E-state index contributed by atoms with van der Waals surface area (Å²) in [5, 5.41) is 13.7. The van der Waals surface area contributed by atoms with Gasteiger partial charge in [-0.15, -0.1) is 0 Å². The molecule has 1 fully saturated rings. The maximum absolute atomic E-state index is 13.7. The molecule has 2 aromatic rings. The van der Waals surface area contributed by atoms with Crippen molar-refractivity contribution in [2.45, 2.75) is 45.8 Å². The van der Waals surface area contributed by atoms with Crippen LogP contribution in [-0.4, -0.2) is 56.0 Å². The molecule has 7 heteroatoms. The van der Waals surface area contributed by atoms with Crippen LogP contribution >= 0.6 is 0 Å². The maximum Gasteiger partial charge on any atom is 0.295 e. The first-order valence-electron chi connectivity index (χ1n) is 12.4. The molecule has 0 saturated carbocycles. The zero-order chi connectivity index (χ0) is 25.1. The van der Waals surface area contributed by atoms with Crippen molar-refractivity contribution in [2.24, 2.45) is 0 Å². The van der Waals surface area contributed by atoms with E-state index in [1.54, 1.807) is 42.3 Å². The summed E-state index contributed by atoms with van der Waals surface area (Å²) in [7, 11) is 1.57. The Morgan fingerprint density at radius 2 is 1.94 bits per heavy atom. The zero-order valence-corrected chi connectivity index (χ0v) is 20.9. The Kier molecular flexibility index (Phi) is 7.45. The van der Waals surface area contributed by atoms with Crippen molar-refractivity contribution in [1.82, 2.24) is 4.90 Å². The first-order chi connectivity index (χ1) is 16.9. The molecule has 2 aliphatic rings. The number of amides is 1. The molecule has 0 bridgehead atoms. The van der Waals surface area contributed by atoms with E-state index >= 15 is 0 Å². The smallest absolute Gasteiger partial charge is 0.295 e. The number of benzene rings is 2. The SMILES string of the molecule is CC[NH+](CC)CCCN1C(=O)C(=O)C(=C([O-])c2ccc3c(c2)CC(C)O3)C1c1cccc(OC)c1. The van der Waals surface area contributed by atoms with E-state index in [1.165, 1.54) is 4.90 Å². The second-order valence-electron chi connectivity index (χ2n) is 9.27. The van der Waals surface area contributed by atoms with Gasteiger partial charge in [0.15, 0.2) is 0 Å². The lowest BCUT2D eigenvalue weighted by Crippen LogP contribution is -3.11. The quantitative estimate of drug-likeness (QED) is 0.336. The van der Waals surface area contributed by atoms with E-state index in [-0.39, 0.29) is 11.7 Å². The number of quaternary nitrogens is 1. The van der Waals surface area contributed by atoms with Gasteiger partial charge in [0.1, 0.15) is 17.6 Å². The molecule has 2 unspecified atom stereocenters. The highest BCUT2D eigenvalue weighted by Gasteiger charge is 2.44. The summed E-state index contributed by atoms with van der Waals surface area (Å²) in [6, 6.07) is 11.8. The van der Waals surface area contributed by atoms with Crippen molar-refractivity contribution < 1.29 is 29.1 Å². The molecule has 0 aliphatic carbocycles. The molecule has 2 atom stereocenters. The van der Waals surface area contributed by atoms with Crippen LogP contribution in [0.4, 0.5) is 0 Å². The van der Waals surface area contributed by atoms with Crippen molar-refractivity contribution in [1.29, 1.82) is 0 Å². The number of rotatable bonds is 9. The average Bonchev–Trinajstić information content (AvgIpc) is 3.37. The number of carbonyl (C=O) groups is 2. The van der Waals surface area contributed by atoms with Crippen LogP contribution in [0.15, 0.2) is 48.0 Å². The molecule has 0 spiro atoms. The maximum atomic E-state index is 13.7. The number of carbonyl (C=O) groups excluding carboxylic acids is 2. The summed E-state index contributed by atoms with van der Waals surface area (Å²) >= 11 is 0. The standard InChI is InChI=1S/C28H34N2O5/c1-5-29(6-2)13-8-14-30-25(19-9-7-10-22(17-19)34-4)24(27(32)28(30)33)26(31)20-11-12-23-21(16-20)15-18(3)35-23/h7,9-12,16-18,25,31H,5-6,8,13-15H2,1-4H3. The first kappa shape index (κ1) is 24.8. The molecule has 4 rings (SSSR count). The molecule has 1 amide bonds. The summed E-state index contributed by atoms with van der Waals surface area (Å²) in [4.78, 5) is 29.4. The molecule has 1 N–H and O–H groups in total. The number of ketones is 1. The highest BCUT2D eigenvalue weighted by molar-refractivity contribution is 6.46. The van der Waals surface area contributed by atoms with Gasteiger partial charge < -0.3 is 24.4 Å². The van der Waals surface area contributed by atoms with Crippen molar-refractivity contribution >= 4 is 17.4 Å². The Morgan fingerprint density at radius 3 is 2.66 bits per heavy atom. The Hall–Kier alpha value is -3.32. The third kappa shape index (κ3) is 4.91. The Balaban J connectivity index is 1.75. The predicted octanol–water partition coefficient (Wildman–Crippen LogP) is 1.56. The largest absolute Gasteiger partial charge is 0.872 e. The van der Waals surface area contributed by atoms with Crippen molar-refractivity contribution in [3.05, 3.63) is 64.7 Å². The lowest BCUT2D eigenvalue weighted by Gasteiger charge is -2.28. The van der Waals surface area contributed by atoms with Gasteiger partial charge in [0.25, 0.3) is 5.91 Å². The van der Waals surface area contributed by atoms with Gasteiger partial charge in [-0.2, -0.15) is 0 Å². The molecular formula is C28H34N2O5. The Morgan fingerprint density at radius 1 is 1.17 bits per heavy atom. The van der Waals surface area contributed by atoms with E-state index in [4.69, 9.17) is 9.47 Å². The minimum Gasteiger partial charge on any atom is -0.872 e. The molecule has 7 nitrogen and oxygen atoms in total. The van der Waals surface area contributed by atoms with Gasteiger partial charge in [-0.05, 0) is 61.7 Å². The van der Waals surface area contributed by atoms with Crippen LogP contribution in [0.5, 0.6) is 11.5 Å². The molecule has 35 heavy (non-hydrogen) atoms. The van der Waals surface area contributed by atoms with Gasteiger partial charge in [0.2, 0.25) is 5.78 Å². The number of hydrogen-bond donors (Lipinski definition) is 1. The minimum atomic E-state index is -0.743. The number of Topliss-reactive ketones (excluding diaryl/α,β-unsaturated/α-hetero) is 1. The molecule has 186 valence electrons. The molecule has 1 saturated heterocycles. The van der Waals surface area contributed by atoms with Crippen LogP contribution in [-0.2, 0) is 16.0 Å². The van der Waals surface area contributed by atoms with Crippen molar-refractivity contribution in [2.75, 3.05) is 33.3 Å². The number of nitrogens with one attached hydrogen (secondary N) is 1. The van der Waals surface area contributed by atoms with E-state index in [2.05, 4.69) is 13.8 Å². The number of nitrogens with zero attached hydrogens (tertiary/aromatic N) is 1. The van der Waals surface area contributed by atoms with Crippen LogP contribution in [0.2, 0.25) is 0 Å². The highest BCUT2D eigenvalue weighted by atomic mass is 16.5. The highest BCUT2D eigenvalue weighted by Crippen LogP contribution is 2.40. The lowest BCUT2D eigenvalue weighted by atomic mass is 9.94. The summed E-state index contributed by atoms with van der Waals surface area (Å²) in [6.07, 6.45) is 1.50. The van der Waals surface area contributed by atoms with Crippen LogP contribution < -0.4 is 19.5 Å². The summed E-state index contributed by atoms with van der Waals surface area (Å²) in [5.74, 6) is -0.373. The van der Waals surface area contributed by atoms with Gasteiger partial charge in [-0.25, -0.2) is 0 Å². The third-order valence-electron chi connectivity index (χ3n) is 7.03. The van der Waals surface area contributed by atoms with E-state index in [0.717, 1.165) is 37.4 Å². The predicted molar refractivity (Wildman–Crippen MR) is 131 cm³/mol. The molecule has 2 heterocycles. The first-order valence-corrected chi connectivity index (χ1v) is 12.4. The van der Waals surface area contributed by atoms with Crippen LogP contribution in [0.25, 0.3) is 5.76 Å². The number of ether oxygens (including phenoxy) is 2. The zero-order valence-electron chi connectivity index (χ0n) is 20.9. The molecule has 0 radical (unpaired) electrons. The van der Waals surface area contributed by atoms with Crippen molar-refractivity contribution in [3.8, 4) is 11.5 Å². The fourth-order valence-corrected chi connectivity index (χ4v) is 5.08. The molecule has 0 aromatic heterocycles. The number of likely N-dealkylation sites (tertiary alicyclic amines) is 1. The fourth-order valence-electron chi connectivity index (χ4n) is 5.08. The van der Waals surface area contributed by atoms with E-state index < -0.39 is 23.5 Å². The van der Waals surface area contributed by atoms with Crippen LogP contribution in [0.3, 0.4) is 0 Å². The number of hydrogen-bond acceptors (Lipinski definition) is 5. The Bertz CT molecular complexity index is 1140. The molecule has 2 aliphatic heterocycles. The third-order valence-corrected chi connectivity index (χ3v) is 7.03. The van der Waals surface area contributed by atoms with Gasteiger partial charge in [-0.1, -0.05) is 24.0 Å². The van der Waals surface area contributed by atoms with Crippen molar-refractivity contribution in [3.63, 3.8) is 0 Å². The van der Waals surface area contributed by atoms with Gasteiger partial charge in [-0.3, -0.25) is 9.59 Å². The number of methoxy groups -OCH3 is 1. The second kappa shape index (κ2) is 10.5. The van der Waals surface area contributed by atoms with Gasteiger partial charge >= 0.3 is 0 Å². The number of fused-ring (bicyclic) bond motifs is 1. The summed E-state index contributed by atoms with van der Waals surface area (Å²) in [5.41, 5.74) is 2.04. The second-order valence-corrected chi connectivity index (χ2v) is 9.27. The summed E-state index contributed by atoms with van der Waals surface area (Å²) in [6.45, 7) is 9.54. The van der Waals surface area contributed by atoms with E-state index in [9.17, 15) is 14.7 Å². The van der Waals surface area contributed by atoms with Crippen LogP contribution in [0.1, 0.15) is 49.9 Å². The van der Waals surface area contributed by atoms with Gasteiger partial charge in [0.05, 0.1) is 32.8 Å². The average molecular weight is 479 g/mol. The minimum absolute atomic E-state index is 0.00496. The molecule has 2 aromatic carbocycles. The molecular weight excluding hydrogens is 444 g/mol. The van der Waals surface area contributed by atoms with E-state index in [1.807, 2.05) is 19.1 Å². The lowest BCUT2D eigenvalue weighted by molar-refractivity contribution is -0.896.